The van der Waals surface area contributed by atoms with E-state index in [9.17, 15) is 4.79 Å². The lowest BCUT2D eigenvalue weighted by Crippen LogP contribution is -2.02. The van der Waals surface area contributed by atoms with Crippen LogP contribution in [0.25, 0.3) is 11.3 Å². The van der Waals surface area contributed by atoms with E-state index in [-0.39, 0.29) is 5.97 Å². The number of rotatable bonds is 2. The van der Waals surface area contributed by atoms with Gasteiger partial charge in [0.1, 0.15) is 11.5 Å². The fourth-order valence-corrected chi connectivity index (χ4v) is 2.49. The van der Waals surface area contributed by atoms with Gasteiger partial charge in [0.15, 0.2) is 0 Å². The van der Waals surface area contributed by atoms with Gasteiger partial charge in [0.2, 0.25) is 0 Å². The van der Waals surface area contributed by atoms with Crippen LogP contribution in [0.2, 0.25) is 0 Å². The summed E-state index contributed by atoms with van der Waals surface area (Å²) in [5.41, 5.74) is 3.51. The highest BCUT2D eigenvalue weighted by Crippen LogP contribution is 2.39. The summed E-state index contributed by atoms with van der Waals surface area (Å²) in [4.78, 5) is 11.6. The van der Waals surface area contributed by atoms with Crippen molar-refractivity contribution < 1.29 is 14.3 Å². The predicted molar refractivity (Wildman–Crippen MR) is 85.8 cm³/mol. The zero-order chi connectivity index (χ0) is 15.5. The first kappa shape index (κ1) is 14.1. The first-order chi connectivity index (χ1) is 10.7. The molecule has 0 saturated heterocycles. The average Bonchev–Trinajstić information content (AvgIpc) is 2.66. The molecule has 1 heterocycles. The van der Waals surface area contributed by atoms with Crippen molar-refractivity contribution in [2.75, 3.05) is 0 Å². The number of carbonyl (C=O) groups excluding carboxylic acids is 1. The Bertz CT molecular complexity index is 770. The summed E-state index contributed by atoms with van der Waals surface area (Å²) in [5.74, 6) is 0.845. The molecule has 0 N–H and O–H groups in total. The number of para-hydroxylation sites is 1. The third-order valence-electron chi connectivity index (χ3n) is 3.42. The lowest BCUT2D eigenvalue weighted by molar-refractivity contribution is -0.134. The van der Waals surface area contributed by atoms with Gasteiger partial charge in [0.05, 0.1) is 11.8 Å². The van der Waals surface area contributed by atoms with E-state index in [4.69, 9.17) is 9.47 Å². The zero-order valence-corrected chi connectivity index (χ0v) is 12.5. The van der Waals surface area contributed by atoms with Crippen molar-refractivity contribution in [2.24, 2.45) is 0 Å². The van der Waals surface area contributed by atoms with Crippen LogP contribution in [0.5, 0.6) is 5.75 Å². The first-order valence-electron chi connectivity index (χ1n) is 7.08. The van der Waals surface area contributed by atoms with Crippen LogP contribution >= 0.6 is 0 Å². The molecule has 0 fully saturated rings. The van der Waals surface area contributed by atoms with E-state index in [1.165, 1.54) is 6.92 Å². The first-order valence-corrected chi connectivity index (χ1v) is 7.08. The van der Waals surface area contributed by atoms with Gasteiger partial charge in [0.25, 0.3) is 0 Å². The quantitative estimate of drug-likeness (QED) is 0.769. The Morgan fingerprint density at radius 1 is 1.00 bits per heavy atom. The lowest BCUT2D eigenvalue weighted by atomic mass is 9.96. The van der Waals surface area contributed by atoms with Crippen LogP contribution in [-0.4, -0.2) is 5.97 Å². The molecule has 3 rings (SSSR count). The van der Waals surface area contributed by atoms with Gasteiger partial charge < -0.3 is 9.47 Å². The van der Waals surface area contributed by atoms with Crippen molar-refractivity contribution in [3.63, 3.8) is 0 Å². The molecule has 0 spiro atoms. The summed E-state index contributed by atoms with van der Waals surface area (Å²) in [6.45, 7) is 3.35. The minimum Gasteiger partial charge on any atom is -0.464 e. The van der Waals surface area contributed by atoms with Gasteiger partial charge in [-0.25, -0.2) is 0 Å². The molecule has 0 saturated carbocycles. The Labute approximate surface area is 129 Å². The van der Waals surface area contributed by atoms with E-state index >= 15 is 0 Å². The van der Waals surface area contributed by atoms with Gasteiger partial charge in [0, 0.05) is 12.5 Å². The van der Waals surface area contributed by atoms with Gasteiger partial charge in [-0.2, -0.15) is 0 Å². The molecule has 110 valence electrons. The van der Waals surface area contributed by atoms with Crippen LogP contribution in [0, 0.1) is 0 Å². The Hall–Kier alpha value is -2.81. The molecule has 3 heteroatoms. The van der Waals surface area contributed by atoms with Gasteiger partial charge in [-0.1, -0.05) is 42.5 Å². The zero-order valence-electron chi connectivity index (χ0n) is 12.5. The van der Waals surface area contributed by atoms with Crippen LogP contribution in [0.4, 0.5) is 0 Å². The molecular formula is C19H16O3. The summed E-state index contributed by atoms with van der Waals surface area (Å²) in [5, 5.41) is 0. The maximum atomic E-state index is 11.6. The molecule has 1 aliphatic rings. The van der Waals surface area contributed by atoms with E-state index < -0.39 is 0 Å². The monoisotopic (exact) mass is 292 g/mol. The third-order valence-corrected chi connectivity index (χ3v) is 3.42. The highest BCUT2D eigenvalue weighted by Gasteiger charge is 2.22. The Kier molecular flexibility index (Phi) is 3.79. The Morgan fingerprint density at radius 2 is 1.68 bits per heavy atom. The molecule has 0 atom stereocenters. The van der Waals surface area contributed by atoms with E-state index in [1.54, 1.807) is 6.26 Å². The van der Waals surface area contributed by atoms with E-state index in [1.807, 2.05) is 61.5 Å². The van der Waals surface area contributed by atoms with Gasteiger partial charge in [-0.3, -0.25) is 4.79 Å². The number of carbonyl (C=O) groups is 1. The molecule has 22 heavy (non-hydrogen) atoms. The highest BCUT2D eigenvalue weighted by molar-refractivity contribution is 5.99. The number of hydrogen-bond acceptors (Lipinski definition) is 3. The number of allylic oxidation sites excluding steroid dienone is 2. The summed E-state index contributed by atoms with van der Waals surface area (Å²) in [7, 11) is 0. The van der Waals surface area contributed by atoms with Crippen molar-refractivity contribution in [1.29, 1.82) is 0 Å². The average molecular weight is 292 g/mol. The Morgan fingerprint density at radius 3 is 2.41 bits per heavy atom. The highest BCUT2D eigenvalue weighted by atomic mass is 16.5. The van der Waals surface area contributed by atoms with Crippen molar-refractivity contribution in [3.05, 3.63) is 77.6 Å². The number of hydrogen-bond donors (Lipinski definition) is 0. The topological polar surface area (TPSA) is 35.5 Å². The molecule has 0 radical (unpaired) electrons. The third kappa shape index (κ3) is 2.66. The fourth-order valence-electron chi connectivity index (χ4n) is 2.49. The van der Waals surface area contributed by atoms with Crippen molar-refractivity contribution in [1.82, 2.24) is 0 Å². The van der Waals surface area contributed by atoms with Crippen LogP contribution in [0.15, 0.2) is 66.4 Å². The molecule has 3 nitrogen and oxygen atoms in total. The second-order valence-corrected chi connectivity index (χ2v) is 5.08. The summed E-state index contributed by atoms with van der Waals surface area (Å²) in [6, 6.07) is 17.4. The van der Waals surface area contributed by atoms with Gasteiger partial charge in [-0.15, -0.1) is 0 Å². The minimum absolute atomic E-state index is 0.354. The summed E-state index contributed by atoms with van der Waals surface area (Å²) >= 11 is 0. The Balaban J connectivity index is 2.30. The molecule has 0 amide bonds. The second-order valence-electron chi connectivity index (χ2n) is 5.08. The minimum atomic E-state index is -0.354. The summed E-state index contributed by atoms with van der Waals surface area (Å²) < 4.78 is 11.3. The SMILES string of the molecule is CC(=O)OC1=C(c2ccccc2)C(C)=COc2ccccc21. The van der Waals surface area contributed by atoms with Crippen LogP contribution in [-0.2, 0) is 9.53 Å². The number of esters is 1. The van der Waals surface area contributed by atoms with Crippen LogP contribution < -0.4 is 4.74 Å². The molecule has 2 aromatic carbocycles. The van der Waals surface area contributed by atoms with Crippen molar-refractivity contribution in [3.8, 4) is 5.75 Å². The lowest BCUT2D eigenvalue weighted by Gasteiger charge is -2.14. The molecule has 1 aliphatic heterocycles. The van der Waals surface area contributed by atoms with E-state index in [0.717, 1.165) is 22.3 Å². The smallest absolute Gasteiger partial charge is 0.308 e. The van der Waals surface area contributed by atoms with Gasteiger partial charge in [-0.05, 0) is 30.2 Å². The molecule has 0 aliphatic carbocycles. The summed E-state index contributed by atoms with van der Waals surface area (Å²) in [6.07, 6.45) is 1.69. The molecule has 0 aromatic heterocycles. The predicted octanol–water partition coefficient (Wildman–Crippen LogP) is 4.41. The largest absolute Gasteiger partial charge is 0.464 e. The fraction of sp³-hybridized carbons (Fsp3) is 0.105. The second kappa shape index (κ2) is 5.90. The normalized spacial score (nSPS) is 13.6. The maximum absolute atomic E-state index is 11.6. The van der Waals surface area contributed by atoms with E-state index in [2.05, 4.69) is 0 Å². The van der Waals surface area contributed by atoms with Crippen molar-refractivity contribution in [2.45, 2.75) is 13.8 Å². The van der Waals surface area contributed by atoms with Crippen LogP contribution in [0.1, 0.15) is 25.0 Å². The van der Waals surface area contributed by atoms with E-state index in [0.29, 0.717) is 11.5 Å². The molecule has 0 bridgehead atoms. The number of fused-ring (bicyclic) bond motifs is 1. The van der Waals surface area contributed by atoms with Crippen molar-refractivity contribution >= 4 is 17.3 Å². The molecular weight excluding hydrogens is 276 g/mol. The maximum Gasteiger partial charge on any atom is 0.308 e. The molecule has 2 aromatic rings. The molecule has 0 unspecified atom stereocenters. The number of benzene rings is 2. The standard InChI is InChI=1S/C19H16O3/c1-13-12-21-17-11-7-6-10-16(17)19(22-14(2)20)18(13)15-8-4-3-5-9-15/h3-12H,1-2H3. The van der Waals surface area contributed by atoms with Crippen LogP contribution in [0.3, 0.4) is 0 Å². The van der Waals surface area contributed by atoms with Gasteiger partial charge >= 0.3 is 5.97 Å². The number of ether oxygens (including phenoxy) is 2.